The van der Waals surface area contributed by atoms with Crippen LogP contribution in [0.15, 0.2) is 41.8 Å². The van der Waals surface area contributed by atoms with Crippen LogP contribution in [0.3, 0.4) is 0 Å². The summed E-state index contributed by atoms with van der Waals surface area (Å²) < 4.78 is 11.8. The summed E-state index contributed by atoms with van der Waals surface area (Å²) in [6.45, 7) is -0.410. The molecule has 1 fully saturated rings. The molecule has 3 N–H and O–H groups in total. The average molecular weight is 432 g/mol. The number of aliphatic hydroxyl groups is 3. The van der Waals surface area contributed by atoms with E-state index in [1.807, 2.05) is 12.1 Å². The number of fused-ring (bicyclic) bond motifs is 1. The van der Waals surface area contributed by atoms with Crippen molar-refractivity contribution in [3.63, 3.8) is 0 Å². The molecule has 0 bridgehead atoms. The van der Waals surface area contributed by atoms with Gasteiger partial charge in [-0.3, -0.25) is 4.57 Å². The van der Waals surface area contributed by atoms with Gasteiger partial charge in [0, 0.05) is 10.6 Å². The van der Waals surface area contributed by atoms with Crippen LogP contribution in [0.25, 0.3) is 11.2 Å². The smallest absolute Gasteiger partial charge is 0.337 e. The minimum Gasteiger partial charge on any atom is -0.465 e. The second-order valence-corrected chi connectivity index (χ2v) is 7.73. The van der Waals surface area contributed by atoms with Gasteiger partial charge in [0.25, 0.3) is 0 Å². The number of aromatic nitrogens is 4. The van der Waals surface area contributed by atoms with Gasteiger partial charge in [-0.25, -0.2) is 19.7 Å². The van der Waals surface area contributed by atoms with Gasteiger partial charge in [-0.15, -0.1) is 11.8 Å². The first-order valence-electron chi connectivity index (χ1n) is 9.13. The first-order chi connectivity index (χ1) is 14.5. The number of esters is 1. The van der Waals surface area contributed by atoms with Gasteiger partial charge in [-0.2, -0.15) is 0 Å². The van der Waals surface area contributed by atoms with Gasteiger partial charge in [0.2, 0.25) is 0 Å². The number of hydrogen-bond acceptors (Lipinski definition) is 10. The van der Waals surface area contributed by atoms with Gasteiger partial charge in [0.05, 0.1) is 31.3 Å². The number of hydrogen-bond donors (Lipinski definition) is 3. The average Bonchev–Trinajstić information content (AvgIpc) is 3.33. The first-order valence-corrected chi connectivity index (χ1v) is 10.1. The van der Waals surface area contributed by atoms with E-state index in [9.17, 15) is 20.1 Å². The Morgan fingerprint density at radius 3 is 2.63 bits per heavy atom. The summed E-state index contributed by atoms with van der Waals surface area (Å²) >= 11 is 1.52. The van der Waals surface area contributed by atoms with Gasteiger partial charge in [-0.05, 0) is 24.3 Å². The largest absolute Gasteiger partial charge is 0.465 e. The van der Waals surface area contributed by atoms with Crippen molar-refractivity contribution in [3.05, 3.63) is 48.2 Å². The highest BCUT2D eigenvalue weighted by atomic mass is 32.2. The Bertz CT molecular complexity index is 1040. The van der Waals surface area contributed by atoms with E-state index >= 15 is 0 Å². The molecule has 4 atom stereocenters. The van der Waals surface area contributed by atoms with Crippen LogP contribution in [0.1, 0.15) is 22.3 Å². The fourth-order valence-corrected chi connectivity index (χ4v) is 4.10. The summed E-state index contributed by atoms with van der Waals surface area (Å²) in [5, 5.41) is 29.6. The van der Waals surface area contributed by atoms with Crippen molar-refractivity contribution >= 4 is 28.9 Å². The van der Waals surface area contributed by atoms with Crippen LogP contribution in [0.2, 0.25) is 0 Å². The van der Waals surface area contributed by atoms with Gasteiger partial charge >= 0.3 is 5.97 Å². The van der Waals surface area contributed by atoms with Crippen molar-refractivity contribution in [1.29, 1.82) is 0 Å². The van der Waals surface area contributed by atoms with Crippen molar-refractivity contribution in [1.82, 2.24) is 19.5 Å². The third-order valence-corrected chi connectivity index (χ3v) is 5.90. The lowest BCUT2D eigenvalue weighted by Gasteiger charge is -2.16. The van der Waals surface area contributed by atoms with Crippen LogP contribution in [0.5, 0.6) is 0 Å². The summed E-state index contributed by atoms with van der Waals surface area (Å²) in [6.07, 6.45) is -1.35. The predicted molar refractivity (Wildman–Crippen MR) is 106 cm³/mol. The second kappa shape index (κ2) is 8.66. The monoisotopic (exact) mass is 432 g/mol. The number of nitrogens with zero attached hydrogens (tertiary/aromatic N) is 4. The van der Waals surface area contributed by atoms with Gasteiger partial charge in [0.15, 0.2) is 11.9 Å². The van der Waals surface area contributed by atoms with E-state index < -0.39 is 31.1 Å². The van der Waals surface area contributed by atoms with Crippen LogP contribution in [0.4, 0.5) is 0 Å². The maximum absolute atomic E-state index is 11.5. The number of aliphatic hydroxyl groups excluding tert-OH is 3. The Hall–Kier alpha value is -2.57. The molecule has 0 amide bonds. The molecule has 2 aromatic heterocycles. The molecule has 3 aromatic rings. The molecule has 158 valence electrons. The van der Waals surface area contributed by atoms with Crippen molar-refractivity contribution < 1.29 is 29.6 Å². The molecule has 4 rings (SSSR count). The lowest BCUT2D eigenvalue weighted by Crippen LogP contribution is -2.33. The Kier molecular flexibility index (Phi) is 5.97. The summed E-state index contributed by atoms with van der Waals surface area (Å²) in [6, 6.07) is 7.04. The molecule has 1 aliphatic heterocycles. The highest BCUT2D eigenvalue weighted by molar-refractivity contribution is 7.98. The minimum atomic E-state index is -1.22. The summed E-state index contributed by atoms with van der Waals surface area (Å²) in [5.41, 5.74) is 2.17. The summed E-state index contributed by atoms with van der Waals surface area (Å²) in [4.78, 5) is 25.4. The Balaban J connectivity index is 1.53. The molecule has 1 aliphatic rings. The molecule has 11 heteroatoms. The maximum Gasteiger partial charge on any atom is 0.337 e. The molecular weight excluding hydrogens is 412 g/mol. The van der Waals surface area contributed by atoms with Crippen LogP contribution in [-0.4, -0.2) is 72.8 Å². The Morgan fingerprint density at radius 2 is 1.97 bits per heavy atom. The number of methoxy groups -OCH3 is 1. The molecule has 30 heavy (non-hydrogen) atoms. The third-order valence-electron chi connectivity index (χ3n) is 4.88. The lowest BCUT2D eigenvalue weighted by molar-refractivity contribution is -0.0511. The molecule has 1 saturated heterocycles. The first kappa shape index (κ1) is 20.7. The van der Waals surface area contributed by atoms with E-state index in [4.69, 9.17) is 9.47 Å². The fraction of sp³-hybridized carbons (Fsp3) is 0.368. The molecule has 1 aromatic carbocycles. The standard InChI is InChI=1S/C19H20N4O6S/c1-28-19(27)10-2-4-11(5-3-10)30-7-12-14-17(21-8-20-12)23(9-22-14)18-16(26)15(25)13(6-24)29-18/h2-5,8-9,13,15-16,18,24-26H,6-7H2,1H3/t13-,15-,16-,18-/m1/s1. The van der Waals surface area contributed by atoms with Crippen molar-refractivity contribution in [2.45, 2.75) is 35.2 Å². The number of carbonyl (C=O) groups excluding carboxylic acids is 1. The molecule has 0 aliphatic carbocycles. The van der Waals surface area contributed by atoms with Crippen LogP contribution >= 0.6 is 11.8 Å². The topological polar surface area (TPSA) is 140 Å². The van der Waals surface area contributed by atoms with Crippen molar-refractivity contribution in [2.75, 3.05) is 13.7 Å². The van der Waals surface area contributed by atoms with E-state index in [2.05, 4.69) is 15.0 Å². The number of benzene rings is 1. The lowest BCUT2D eigenvalue weighted by atomic mass is 10.1. The molecule has 0 unspecified atom stereocenters. The molecule has 10 nitrogen and oxygen atoms in total. The molecule has 3 heterocycles. The molecule has 0 spiro atoms. The molecular formula is C19H20N4O6S. The zero-order valence-corrected chi connectivity index (χ0v) is 16.8. The second-order valence-electron chi connectivity index (χ2n) is 6.68. The number of carbonyl (C=O) groups is 1. The quantitative estimate of drug-likeness (QED) is 0.373. The molecule has 0 saturated carbocycles. The zero-order valence-electron chi connectivity index (χ0n) is 16.0. The van der Waals surface area contributed by atoms with E-state index in [1.165, 1.54) is 36.1 Å². The van der Waals surface area contributed by atoms with E-state index in [0.29, 0.717) is 28.2 Å². The van der Waals surface area contributed by atoms with Crippen molar-refractivity contribution in [2.24, 2.45) is 0 Å². The number of thioether (sulfide) groups is 1. The number of rotatable bonds is 6. The number of imidazole rings is 1. The normalized spacial score (nSPS) is 23.7. The third kappa shape index (κ3) is 3.77. The van der Waals surface area contributed by atoms with E-state index in [-0.39, 0.29) is 5.97 Å². The maximum atomic E-state index is 11.5. The highest BCUT2D eigenvalue weighted by Crippen LogP contribution is 2.32. The van der Waals surface area contributed by atoms with Gasteiger partial charge < -0.3 is 24.8 Å². The molecule has 0 radical (unpaired) electrons. The predicted octanol–water partition coefficient (Wildman–Crippen LogP) is 0.517. The summed E-state index contributed by atoms with van der Waals surface area (Å²) in [5.74, 6) is 0.114. The highest BCUT2D eigenvalue weighted by Gasteiger charge is 2.44. The zero-order chi connectivity index (χ0) is 21.3. The number of ether oxygens (including phenoxy) is 2. The Morgan fingerprint density at radius 1 is 1.20 bits per heavy atom. The van der Waals surface area contributed by atoms with E-state index in [1.54, 1.807) is 12.1 Å². The van der Waals surface area contributed by atoms with E-state index in [0.717, 1.165) is 4.90 Å². The van der Waals surface area contributed by atoms with Crippen LogP contribution in [-0.2, 0) is 15.2 Å². The van der Waals surface area contributed by atoms with Crippen molar-refractivity contribution in [3.8, 4) is 0 Å². The summed E-state index contributed by atoms with van der Waals surface area (Å²) in [7, 11) is 1.34. The van der Waals surface area contributed by atoms with Crippen LogP contribution < -0.4 is 0 Å². The van der Waals surface area contributed by atoms with Crippen LogP contribution in [0, 0.1) is 0 Å². The van der Waals surface area contributed by atoms with Gasteiger partial charge in [-0.1, -0.05) is 0 Å². The SMILES string of the molecule is COC(=O)c1ccc(SCc2ncnc3c2ncn3[C@@H]2O[C@H](CO)[C@@H](O)[C@H]2O)cc1. The minimum absolute atomic E-state index is 0.389. The fourth-order valence-electron chi connectivity index (χ4n) is 3.26. The Labute approximate surface area is 175 Å². The van der Waals surface area contributed by atoms with Gasteiger partial charge in [0.1, 0.15) is 30.2 Å².